The van der Waals surface area contributed by atoms with Gasteiger partial charge >= 0.3 is 0 Å². The molecule has 1 unspecified atom stereocenters. The number of fused-ring (bicyclic) bond motifs is 1. The number of hydrogen-bond acceptors (Lipinski definition) is 1. The minimum atomic E-state index is 0.266. The topological polar surface area (TPSA) is 12.0 Å². The van der Waals surface area contributed by atoms with Crippen molar-refractivity contribution < 1.29 is 0 Å². The van der Waals surface area contributed by atoms with E-state index in [1.165, 1.54) is 45.5 Å². The Hall–Kier alpha value is -2.02. The van der Waals surface area contributed by atoms with Crippen molar-refractivity contribution in [2.24, 2.45) is 5.92 Å². The van der Waals surface area contributed by atoms with Crippen LogP contribution in [0.25, 0.3) is 6.08 Å². The molecule has 0 fully saturated rings. The van der Waals surface area contributed by atoms with Crippen molar-refractivity contribution in [1.82, 2.24) is 0 Å². The number of rotatable bonds is 5. The molecule has 0 spiro atoms. The molecule has 0 amide bonds. The second-order valence-electron chi connectivity index (χ2n) is 7.86. The van der Waals surface area contributed by atoms with Crippen LogP contribution in [0.15, 0.2) is 36.4 Å². The first-order valence-corrected chi connectivity index (χ1v) is 9.66. The van der Waals surface area contributed by atoms with Crippen LogP contribution in [0.3, 0.4) is 0 Å². The average Bonchev–Trinajstić information content (AvgIpc) is 2.56. The van der Waals surface area contributed by atoms with E-state index in [1.807, 2.05) is 0 Å². The van der Waals surface area contributed by atoms with Crippen molar-refractivity contribution in [1.29, 1.82) is 0 Å². The standard InChI is InChI=1S/C24H31N/c1-6-8-20-18(5)14-17(4)15-22(20)24-12-11-21-19(13-16(2)3)9-7-10-23(21)25-24/h7,9-12,14-16,24-25H,6,8,13H2,1-5H3. The van der Waals surface area contributed by atoms with Gasteiger partial charge in [0, 0.05) is 11.3 Å². The molecule has 1 aliphatic heterocycles. The zero-order valence-corrected chi connectivity index (χ0v) is 16.3. The molecule has 1 heteroatoms. The molecule has 0 aromatic heterocycles. The van der Waals surface area contributed by atoms with E-state index >= 15 is 0 Å². The highest BCUT2D eigenvalue weighted by atomic mass is 14.9. The fourth-order valence-electron chi connectivity index (χ4n) is 4.04. The smallest absolute Gasteiger partial charge is 0.0704 e. The van der Waals surface area contributed by atoms with Crippen LogP contribution in [0.2, 0.25) is 0 Å². The Balaban J connectivity index is 1.98. The lowest BCUT2D eigenvalue weighted by Crippen LogP contribution is -2.16. The van der Waals surface area contributed by atoms with Gasteiger partial charge in [-0.1, -0.05) is 69.2 Å². The fourth-order valence-corrected chi connectivity index (χ4v) is 4.04. The summed E-state index contributed by atoms with van der Waals surface area (Å²) in [6.07, 6.45) is 8.14. The van der Waals surface area contributed by atoms with Crippen molar-refractivity contribution in [3.05, 3.63) is 69.8 Å². The number of nitrogens with one attached hydrogen (secondary N) is 1. The highest BCUT2D eigenvalue weighted by molar-refractivity contribution is 5.74. The van der Waals surface area contributed by atoms with E-state index in [4.69, 9.17) is 0 Å². The zero-order chi connectivity index (χ0) is 18.0. The largest absolute Gasteiger partial charge is 0.374 e. The second kappa shape index (κ2) is 7.47. The van der Waals surface area contributed by atoms with E-state index in [1.54, 1.807) is 0 Å². The second-order valence-corrected chi connectivity index (χ2v) is 7.86. The lowest BCUT2D eigenvalue weighted by atomic mass is 9.88. The summed E-state index contributed by atoms with van der Waals surface area (Å²) in [5, 5.41) is 3.79. The van der Waals surface area contributed by atoms with E-state index in [-0.39, 0.29) is 6.04 Å². The summed E-state index contributed by atoms with van der Waals surface area (Å²) in [5.74, 6) is 0.674. The Bertz CT molecular complexity index is 783. The molecule has 1 nitrogen and oxygen atoms in total. The highest BCUT2D eigenvalue weighted by Gasteiger charge is 2.20. The van der Waals surface area contributed by atoms with E-state index < -0.39 is 0 Å². The van der Waals surface area contributed by atoms with Crippen molar-refractivity contribution >= 4 is 11.8 Å². The van der Waals surface area contributed by atoms with Crippen LogP contribution in [0.4, 0.5) is 5.69 Å². The Morgan fingerprint density at radius 1 is 1.12 bits per heavy atom. The van der Waals surface area contributed by atoms with Crippen LogP contribution in [0.5, 0.6) is 0 Å². The van der Waals surface area contributed by atoms with Crippen LogP contribution in [-0.4, -0.2) is 0 Å². The molecule has 0 bridgehead atoms. The predicted molar refractivity (Wildman–Crippen MR) is 110 cm³/mol. The first kappa shape index (κ1) is 17.8. The van der Waals surface area contributed by atoms with Gasteiger partial charge in [-0.15, -0.1) is 0 Å². The summed E-state index contributed by atoms with van der Waals surface area (Å²) in [4.78, 5) is 0. The summed E-state index contributed by atoms with van der Waals surface area (Å²) in [5.41, 5.74) is 9.81. The number of anilines is 1. The van der Waals surface area contributed by atoms with Crippen LogP contribution in [0, 0.1) is 19.8 Å². The number of benzene rings is 2. The summed E-state index contributed by atoms with van der Waals surface area (Å²) in [6, 6.07) is 11.6. The van der Waals surface area contributed by atoms with Crippen LogP contribution in [0.1, 0.15) is 66.6 Å². The van der Waals surface area contributed by atoms with Crippen molar-refractivity contribution in [2.45, 2.75) is 59.9 Å². The van der Waals surface area contributed by atoms with Crippen molar-refractivity contribution in [3.63, 3.8) is 0 Å². The maximum atomic E-state index is 3.79. The van der Waals surface area contributed by atoms with Gasteiger partial charge in [-0.2, -0.15) is 0 Å². The van der Waals surface area contributed by atoms with Gasteiger partial charge in [-0.05, 0) is 60.9 Å². The molecule has 1 atom stereocenters. The predicted octanol–water partition coefficient (Wildman–Crippen LogP) is 6.63. The van der Waals surface area contributed by atoms with Crippen LogP contribution >= 0.6 is 0 Å². The molecule has 3 rings (SSSR count). The van der Waals surface area contributed by atoms with Gasteiger partial charge in [0.15, 0.2) is 0 Å². The van der Waals surface area contributed by atoms with Gasteiger partial charge in [0.2, 0.25) is 0 Å². The van der Waals surface area contributed by atoms with E-state index in [9.17, 15) is 0 Å². The molecule has 0 aliphatic carbocycles. The molecule has 0 radical (unpaired) electrons. The first-order chi connectivity index (χ1) is 12.0. The molecule has 132 valence electrons. The highest BCUT2D eigenvalue weighted by Crippen LogP contribution is 2.35. The summed E-state index contributed by atoms with van der Waals surface area (Å²) in [6.45, 7) is 11.3. The molecule has 0 saturated heterocycles. The maximum absolute atomic E-state index is 3.79. The molecule has 25 heavy (non-hydrogen) atoms. The Morgan fingerprint density at radius 3 is 2.64 bits per heavy atom. The van der Waals surface area contributed by atoms with Crippen LogP contribution in [-0.2, 0) is 12.8 Å². The number of aryl methyl sites for hydroxylation is 2. The molecule has 1 heterocycles. The molecule has 2 aromatic rings. The Labute approximate surface area is 153 Å². The van der Waals surface area contributed by atoms with Gasteiger partial charge in [-0.3, -0.25) is 0 Å². The van der Waals surface area contributed by atoms with Gasteiger partial charge < -0.3 is 5.32 Å². The van der Waals surface area contributed by atoms with Crippen molar-refractivity contribution in [3.8, 4) is 0 Å². The van der Waals surface area contributed by atoms with E-state index in [0.29, 0.717) is 5.92 Å². The molecular weight excluding hydrogens is 302 g/mol. The van der Waals surface area contributed by atoms with Crippen LogP contribution < -0.4 is 5.32 Å². The first-order valence-electron chi connectivity index (χ1n) is 9.66. The normalized spacial score (nSPS) is 16.0. The molecule has 0 saturated carbocycles. The molecule has 1 aliphatic rings. The number of hydrogen-bond donors (Lipinski definition) is 1. The molecule has 2 aromatic carbocycles. The third-order valence-corrected chi connectivity index (χ3v) is 5.08. The maximum Gasteiger partial charge on any atom is 0.0704 e. The third-order valence-electron chi connectivity index (χ3n) is 5.08. The average molecular weight is 334 g/mol. The van der Waals surface area contributed by atoms with Crippen molar-refractivity contribution in [2.75, 3.05) is 5.32 Å². The quantitative estimate of drug-likeness (QED) is 0.647. The van der Waals surface area contributed by atoms with Gasteiger partial charge in [0.1, 0.15) is 0 Å². The van der Waals surface area contributed by atoms with Gasteiger partial charge in [-0.25, -0.2) is 0 Å². The summed E-state index contributed by atoms with van der Waals surface area (Å²) in [7, 11) is 0. The fraction of sp³-hybridized carbons (Fsp3) is 0.417. The molecule has 1 N–H and O–H groups in total. The lowest BCUT2D eigenvalue weighted by Gasteiger charge is -2.27. The Kier molecular flexibility index (Phi) is 5.32. The SMILES string of the molecule is CCCc1c(C)cc(C)cc1C1C=Cc2c(CC(C)C)cccc2N1. The summed E-state index contributed by atoms with van der Waals surface area (Å²) >= 11 is 0. The lowest BCUT2D eigenvalue weighted by molar-refractivity contribution is 0.646. The van der Waals surface area contributed by atoms with Gasteiger partial charge in [0.05, 0.1) is 6.04 Å². The minimum absolute atomic E-state index is 0.266. The monoisotopic (exact) mass is 333 g/mol. The van der Waals surface area contributed by atoms with E-state index in [2.05, 4.69) is 82.4 Å². The summed E-state index contributed by atoms with van der Waals surface area (Å²) < 4.78 is 0. The minimum Gasteiger partial charge on any atom is -0.374 e. The third kappa shape index (κ3) is 3.81. The zero-order valence-electron chi connectivity index (χ0n) is 16.3. The van der Waals surface area contributed by atoms with E-state index in [0.717, 1.165) is 12.8 Å². The van der Waals surface area contributed by atoms with Gasteiger partial charge in [0.25, 0.3) is 0 Å². The Morgan fingerprint density at radius 2 is 1.92 bits per heavy atom. The molecular formula is C24H31N.